The fourth-order valence-corrected chi connectivity index (χ4v) is 2.49. The molecule has 0 bridgehead atoms. The summed E-state index contributed by atoms with van der Waals surface area (Å²) in [5.41, 5.74) is 5.92. The number of hydrogen-bond acceptors (Lipinski definition) is 0. The van der Waals surface area contributed by atoms with E-state index < -0.39 is 0 Å². The Kier molecular flexibility index (Phi) is 3.83. The molecule has 0 N–H and O–H groups in total. The zero-order chi connectivity index (χ0) is 12.3. The second-order valence-electron chi connectivity index (χ2n) is 5.03. The molecule has 0 nitrogen and oxygen atoms in total. The molecule has 90 valence electrons. The van der Waals surface area contributed by atoms with Crippen LogP contribution in [0.3, 0.4) is 0 Å². The number of benzene rings is 1. The monoisotopic (exact) mass is 226 g/mol. The zero-order valence-electron chi connectivity index (χ0n) is 11.2. The summed E-state index contributed by atoms with van der Waals surface area (Å²) in [5.74, 6) is 0.641. The van der Waals surface area contributed by atoms with Crippen LogP contribution in [0.5, 0.6) is 0 Å². The molecule has 17 heavy (non-hydrogen) atoms. The number of rotatable bonds is 3. The van der Waals surface area contributed by atoms with Crippen LogP contribution in [0, 0.1) is 0 Å². The van der Waals surface area contributed by atoms with Gasteiger partial charge in [-0.05, 0) is 48.8 Å². The van der Waals surface area contributed by atoms with Crippen molar-refractivity contribution in [2.24, 2.45) is 0 Å². The van der Waals surface area contributed by atoms with Crippen LogP contribution < -0.4 is 0 Å². The number of allylic oxidation sites excluding steroid dienone is 4. The third-order valence-electron chi connectivity index (χ3n) is 3.82. The Hall–Kier alpha value is -1.30. The molecule has 1 aromatic rings. The topological polar surface area (TPSA) is 0 Å². The first-order valence-electron chi connectivity index (χ1n) is 6.69. The van der Waals surface area contributed by atoms with Crippen LogP contribution in [0.15, 0.2) is 42.0 Å². The second kappa shape index (κ2) is 5.35. The summed E-state index contributed by atoms with van der Waals surface area (Å²) in [5, 5.41) is 0. The van der Waals surface area contributed by atoms with E-state index in [1.165, 1.54) is 41.5 Å². The average molecular weight is 226 g/mol. The SMILES string of the molecule is CCC(C)c1ccccc1C1=C(C)CCC=C1. The molecule has 0 radical (unpaired) electrons. The van der Waals surface area contributed by atoms with Gasteiger partial charge in [0.15, 0.2) is 0 Å². The smallest absolute Gasteiger partial charge is 0.0150 e. The summed E-state index contributed by atoms with van der Waals surface area (Å²) in [7, 11) is 0. The maximum atomic E-state index is 2.32. The first-order valence-corrected chi connectivity index (χ1v) is 6.69. The third kappa shape index (κ3) is 2.52. The van der Waals surface area contributed by atoms with Crippen LogP contribution >= 0.6 is 0 Å². The molecule has 1 aromatic carbocycles. The highest BCUT2D eigenvalue weighted by Gasteiger charge is 2.13. The molecule has 2 rings (SSSR count). The lowest BCUT2D eigenvalue weighted by molar-refractivity contribution is 0.731. The Morgan fingerprint density at radius 3 is 2.71 bits per heavy atom. The summed E-state index contributed by atoms with van der Waals surface area (Å²) in [4.78, 5) is 0. The molecule has 0 saturated heterocycles. The van der Waals surface area contributed by atoms with Crippen molar-refractivity contribution < 1.29 is 0 Å². The van der Waals surface area contributed by atoms with Crippen LogP contribution in [0.4, 0.5) is 0 Å². The molecule has 0 amide bonds. The highest BCUT2D eigenvalue weighted by atomic mass is 14.2. The normalized spacial score (nSPS) is 17.4. The van der Waals surface area contributed by atoms with Gasteiger partial charge in [0, 0.05) is 0 Å². The van der Waals surface area contributed by atoms with E-state index in [0.29, 0.717) is 5.92 Å². The van der Waals surface area contributed by atoms with Gasteiger partial charge >= 0.3 is 0 Å². The van der Waals surface area contributed by atoms with Crippen molar-refractivity contribution in [1.29, 1.82) is 0 Å². The second-order valence-corrected chi connectivity index (χ2v) is 5.03. The molecule has 0 heterocycles. The Morgan fingerprint density at radius 2 is 2.00 bits per heavy atom. The summed E-state index contributed by atoms with van der Waals surface area (Å²) in [6.07, 6.45) is 8.21. The standard InChI is InChI=1S/C17H22/c1-4-13(2)15-10-7-8-12-17(15)16-11-6-5-9-14(16)3/h6-8,10-13H,4-5,9H2,1-3H3. The van der Waals surface area contributed by atoms with E-state index in [9.17, 15) is 0 Å². The van der Waals surface area contributed by atoms with E-state index in [4.69, 9.17) is 0 Å². The largest absolute Gasteiger partial charge is 0.0836 e. The zero-order valence-corrected chi connectivity index (χ0v) is 11.2. The average Bonchev–Trinajstić information content (AvgIpc) is 2.38. The van der Waals surface area contributed by atoms with Gasteiger partial charge in [-0.25, -0.2) is 0 Å². The van der Waals surface area contributed by atoms with Crippen LogP contribution in [0.25, 0.3) is 5.57 Å². The summed E-state index contributed by atoms with van der Waals surface area (Å²) in [6.45, 7) is 6.85. The van der Waals surface area contributed by atoms with Gasteiger partial charge in [0.1, 0.15) is 0 Å². The van der Waals surface area contributed by atoms with Crippen LogP contribution in [-0.2, 0) is 0 Å². The fourth-order valence-electron chi connectivity index (χ4n) is 2.49. The van der Waals surface area contributed by atoms with E-state index in [-0.39, 0.29) is 0 Å². The van der Waals surface area contributed by atoms with Crippen molar-refractivity contribution in [2.75, 3.05) is 0 Å². The molecule has 0 fully saturated rings. The molecule has 0 spiro atoms. The van der Waals surface area contributed by atoms with E-state index in [0.717, 1.165) is 0 Å². The van der Waals surface area contributed by atoms with Crippen LogP contribution in [0.1, 0.15) is 57.1 Å². The van der Waals surface area contributed by atoms with Gasteiger partial charge in [0.05, 0.1) is 0 Å². The quantitative estimate of drug-likeness (QED) is 0.654. The minimum absolute atomic E-state index is 0.641. The lowest BCUT2D eigenvalue weighted by Crippen LogP contribution is -2.00. The maximum absolute atomic E-state index is 2.32. The first kappa shape index (κ1) is 12.2. The van der Waals surface area contributed by atoms with Crippen molar-refractivity contribution in [1.82, 2.24) is 0 Å². The van der Waals surface area contributed by atoms with Gasteiger partial charge < -0.3 is 0 Å². The van der Waals surface area contributed by atoms with Crippen LogP contribution in [-0.4, -0.2) is 0 Å². The third-order valence-corrected chi connectivity index (χ3v) is 3.82. The van der Waals surface area contributed by atoms with Gasteiger partial charge in [-0.1, -0.05) is 55.8 Å². The summed E-state index contributed by atoms with van der Waals surface area (Å²) < 4.78 is 0. The predicted octanol–water partition coefficient (Wildman–Crippen LogP) is 5.32. The van der Waals surface area contributed by atoms with E-state index >= 15 is 0 Å². The highest BCUT2D eigenvalue weighted by Crippen LogP contribution is 2.33. The molecule has 1 unspecified atom stereocenters. The van der Waals surface area contributed by atoms with Crippen molar-refractivity contribution in [3.63, 3.8) is 0 Å². The summed E-state index contributed by atoms with van der Waals surface area (Å²) in [6, 6.07) is 8.87. The molecular formula is C17H22. The lowest BCUT2D eigenvalue weighted by Gasteiger charge is -2.19. The van der Waals surface area contributed by atoms with Crippen LogP contribution in [0.2, 0.25) is 0 Å². The molecule has 1 atom stereocenters. The predicted molar refractivity (Wildman–Crippen MR) is 76.1 cm³/mol. The minimum atomic E-state index is 0.641. The van der Waals surface area contributed by atoms with Gasteiger partial charge in [0.2, 0.25) is 0 Å². The van der Waals surface area contributed by atoms with Gasteiger partial charge in [-0.2, -0.15) is 0 Å². The van der Waals surface area contributed by atoms with Crippen molar-refractivity contribution in [2.45, 2.75) is 46.0 Å². The lowest BCUT2D eigenvalue weighted by atomic mass is 9.86. The van der Waals surface area contributed by atoms with Gasteiger partial charge in [-0.15, -0.1) is 0 Å². The Balaban J connectivity index is 2.48. The molecular weight excluding hydrogens is 204 g/mol. The molecule has 0 aliphatic heterocycles. The minimum Gasteiger partial charge on any atom is -0.0836 e. The molecule has 1 aliphatic carbocycles. The molecule has 0 heteroatoms. The molecule has 1 aliphatic rings. The molecule has 0 aromatic heterocycles. The van der Waals surface area contributed by atoms with Crippen molar-refractivity contribution >= 4 is 5.57 Å². The maximum Gasteiger partial charge on any atom is -0.0150 e. The van der Waals surface area contributed by atoms with E-state index in [1.807, 2.05) is 0 Å². The Morgan fingerprint density at radius 1 is 1.24 bits per heavy atom. The van der Waals surface area contributed by atoms with E-state index in [1.54, 1.807) is 0 Å². The Bertz CT molecular complexity index is 449. The van der Waals surface area contributed by atoms with E-state index in [2.05, 4.69) is 57.2 Å². The van der Waals surface area contributed by atoms with Crippen molar-refractivity contribution in [3.05, 3.63) is 53.1 Å². The first-order chi connectivity index (χ1) is 8.24. The van der Waals surface area contributed by atoms with Gasteiger partial charge in [0.25, 0.3) is 0 Å². The van der Waals surface area contributed by atoms with Crippen molar-refractivity contribution in [3.8, 4) is 0 Å². The van der Waals surface area contributed by atoms with Gasteiger partial charge in [-0.3, -0.25) is 0 Å². The fraction of sp³-hybridized carbons (Fsp3) is 0.412. The summed E-state index contributed by atoms with van der Waals surface area (Å²) >= 11 is 0. The number of hydrogen-bond donors (Lipinski definition) is 0. The molecule has 0 saturated carbocycles. The highest BCUT2D eigenvalue weighted by molar-refractivity contribution is 5.79. The Labute approximate surface area is 105 Å².